The molecule has 0 N–H and O–H groups in total. The average Bonchev–Trinajstić information content (AvgIpc) is 2.17. The van der Waals surface area contributed by atoms with Gasteiger partial charge in [-0.2, -0.15) is 5.26 Å². The van der Waals surface area contributed by atoms with Crippen LogP contribution >= 0.6 is 0 Å². The molecule has 0 heterocycles. The summed E-state index contributed by atoms with van der Waals surface area (Å²) in [5.41, 5.74) is 0.713. The van der Waals surface area contributed by atoms with Crippen molar-refractivity contribution in [2.75, 3.05) is 0 Å². The van der Waals surface area contributed by atoms with Gasteiger partial charge in [-0.05, 0) is 18.6 Å². The molecule has 0 aliphatic rings. The summed E-state index contributed by atoms with van der Waals surface area (Å²) in [6, 6.07) is 5.81. The van der Waals surface area contributed by atoms with Gasteiger partial charge in [-0.1, -0.05) is 0 Å². The van der Waals surface area contributed by atoms with Crippen molar-refractivity contribution >= 4 is 11.5 Å². The molecule has 0 unspecified atom stereocenters. The monoisotopic (exact) mass is 204 g/mol. The van der Waals surface area contributed by atoms with Crippen LogP contribution in [0.3, 0.4) is 0 Å². The summed E-state index contributed by atoms with van der Waals surface area (Å²) >= 11 is 0. The zero-order valence-corrected chi connectivity index (χ0v) is 8.06. The number of benzene rings is 1. The predicted molar refractivity (Wildman–Crippen MR) is 52.4 cm³/mol. The van der Waals surface area contributed by atoms with E-state index >= 15 is 0 Å². The van der Waals surface area contributed by atoms with Crippen molar-refractivity contribution in [3.05, 3.63) is 39.4 Å². The molecular formula is C10H8N2O3. The summed E-state index contributed by atoms with van der Waals surface area (Å²) in [7, 11) is 0. The van der Waals surface area contributed by atoms with E-state index in [0.29, 0.717) is 5.56 Å². The fourth-order valence-electron chi connectivity index (χ4n) is 1.20. The maximum absolute atomic E-state index is 11.3. The molecule has 0 amide bonds. The van der Waals surface area contributed by atoms with E-state index in [-0.39, 0.29) is 17.7 Å². The van der Waals surface area contributed by atoms with Gasteiger partial charge in [-0.3, -0.25) is 14.9 Å². The molecular weight excluding hydrogens is 196 g/mol. The largest absolute Gasteiger partial charge is 0.293 e. The number of nitro benzene ring substituents is 1. The van der Waals surface area contributed by atoms with Gasteiger partial charge < -0.3 is 0 Å². The Morgan fingerprint density at radius 2 is 2.20 bits per heavy atom. The zero-order chi connectivity index (χ0) is 11.4. The van der Waals surface area contributed by atoms with Crippen LogP contribution in [0, 0.1) is 28.4 Å². The summed E-state index contributed by atoms with van der Waals surface area (Å²) in [5, 5.41) is 18.9. The molecule has 0 aliphatic carbocycles. The topological polar surface area (TPSA) is 84.0 Å². The first-order chi connectivity index (χ1) is 7.04. The summed E-state index contributed by atoms with van der Waals surface area (Å²) < 4.78 is 0. The lowest BCUT2D eigenvalue weighted by Crippen LogP contribution is -1.99. The number of nitrogens with zero attached hydrogens (tertiary/aromatic N) is 2. The number of aryl methyl sites for hydroxylation is 1. The highest BCUT2D eigenvalue weighted by atomic mass is 16.6. The Bertz CT molecular complexity index is 460. The number of hydrogen-bond acceptors (Lipinski definition) is 4. The lowest BCUT2D eigenvalue weighted by Gasteiger charge is -1.99. The third kappa shape index (κ3) is 2.61. The number of Topliss-reactive ketones (excluding diaryl/α,β-unsaturated/α-hetero) is 1. The molecule has 5 nitrogen and oxygen atoms in total. The number of rotatable bonds is 3. The van der Waals surface area contributed by atoms with E-state index in [1.54, 1.807) is 13.0 Å². The lowest BCUT2D eigenvalue weighted by molar-refractivity contribution is -0.384. The SMILES string of the molecule is Cc1cc(C(=O)CC#N)cc([N+](=O)[O-])c1. The lowest BCUT2D eigenvalue weighted by atomic mass is 10.1. The Morgan fingerprint density at radius 3 is 2.73 bits per heavy atom. The van der Waals surface area contributed by atoms with Gasteiger partial charge >= 0.3 is 0 Å². The van der Waals surface area contributed by atoms with Crippen LogP contribution in [0.25, 0.3) is 0 Å². The molecule has 0 aliphatic heterocycles. The van der Waals surface area contributed by atoms with Crippen molar-refractivity contribution in [1.82, 2.24) is 0 Å². The van der Waals surface area contributed by atoms with Gasteiger partial charge in [0, 0.05) is 17.7 Å². The molecule has 76 valence electrons. The minimum Gasteiger partial charge on any atom is -0.293 e. The molecule has 0 radical (unpaired) electrons. The summed E-state index contributed by atoms with van der Waals surface area (Å²) in [4.78, 5) is 21.3. The second-order valence-corrected chi connectivity index (χ2v) is 3.07. The van der Waals surface area contributed by atoms with E-state index in [2.05, 4.69) is 0 Å². The number of carbonyl (C=O) groups excluding carboxylic acids is 1. The van der Waals surface area contributed by atoms with Crippen molar-refractivity contribution in [3.8, 4) is 6.07 Å². The highest BCUT2D eigenvalue weighted by Crippen LogP contribution is 2.17. The molecule has 0 aromatic heterocycles. The molecule has 0 saturated heterocycles. The minimum atomic E-state index is -0.559. The molecule has 0 bridgehead atoms. The van der Waals surface area contributed by atoms with Crippen molar-refractivity contribution in [2.45, 2.75) is 13.3 Å². The first-order valence-corrected chi connectivity index (χ1v) is 4.21. The van der Waals surface area contributed by atoms with Crippen molar-refractivity contribution in [2.24, 2.45) is 0 Å². The molecule has 1 rings (SSSR count). The number of carbonyl (C=O) groups is 1. The molecule has 15 heavy (non-hydrogen) atoms. The Morgan fingerprint density at radius 1 is 1.53 bits per heavy atom. The van der Waals surface area contributed by atoms with E-state index in [4.69, 9.17) is 5.26 Å². The third-order valence-electron chi connectivity index (χ3n) is 1.83. The zero-order valence-electron chi connectivity index (χ0n) is 8.06. The first-order valence-electron chi connectivity index (χ1n) is 4.21. The van der Waals surface area contributed by atoms with Crippen LogP contribution in [0.2, 0.25) is 0 Å². The van der Waals surface area contributed by atoms with E-state index in [9.17, 15) is 14.9 Å². The molecule has 1 aromatic carbocycles. The Balaban J connectivity index is 3.15. The number of nitriles is 1. The fourth-order valence-corrected chi connectivity index (χ4v) is 1.20. The second kappa shape index (κ2) is 4.33. The van der Waals surface area contributed by atoms with Crippen molar-refractivity contribution in [3.63, 3.8) is 0 Å². The highest BCUT2D eigenvalue weighted by molar-refractivity contribution is 5.98. The Hall–Kier alpha value is -2.22. The fraction of sp³-hybridized carbons (Fsp3) is 0.200. The molecule has 0 saturated carbocycles. The molecule has 0 fully saturated rings. The van der Waals surface area contributed by atoms with Gasteiger partial charge in [0.25, 0.3) is 5.69 Å². The molecule has 0 spiro atoms. The standard InChI is InChI=1S/C10H8N2O3/c1-7-4-8(10(13)2-3-11)6-9(5-7)12(14)15/h4-6H,2H2,1H3. The van der Waals surface area contributed by atoms with Gasteiger partial charge in [0.2, 0.25) is 0 Å². The van der Waals surface area contributed by atoms with E-state index in [1.165, 1.54) is 18.2 Å². The van der Waals surface area contributed by atoms with Crippen LogP contribution in [0.4, 0.5) is 5.69 Å². The minimum absolute atomic E-state index is 0.128. The van der Waals surface area contributed by atoms with E-state index < -0.39 is 10.7 Å². The third-order valence-corrected chi connectivity index (χ3v) is 1.83. The van der Waals surface area contributed by atoms with Crippen LogP contribution in [0.5, 0.6) is 0 Å². The van der Waals surface area contributed by atoms with Crippen LogP contribution < -0.4 is 0 Å². The van der Waals surface area contributed by atoms with Crippen LogP contribution in [0.1, 0.15) is 22.3 Å². The molecule has 0 atom stereocenters. The molecule has 1 aromatic rings. The van der Waals surface area contributed by atoms with Gasteiger partial charge in [-0.15, -0.1) is 0 Å². The smallest absolute Gasteiger partial charge is 0.270 e. The van der Waals surface area contributed by atoms with Crippen LogP contribution in [-0.2, 0) is 0 Å². The van der Waals surface area contributed by atoms with E-state index in [1.807, 2.05) is 0 Å². The second-order valence-electron chi connectivity index (χ2n) is 3.07. The quantitative estimate of drug-likeness (QED) is 0.428. The first kappa shape index (κ1) is 10.9. The number of ketones is 1. The maximum Gasteiger partial charge on any atom is 0.270 e. The van der Waals surface area contributed by atoms with Crippen LogP contribution in [0.15, 0.2) is 18.2 Å². The Labute approximate surface area is 86.1 Å². The highest BCUT2D eigenvalue weighted by Gasteiger charge is 2.12. The average molecular weight is 204 g/mol. The van der Waals surface area contributed by atoms with E-state index in [0.717, 1.165) is 0 Å². The Kier molecular flexibility index (Phi) is 3.13. The van der Waals surface area contributed by atoms with Gasteiger partial charge in [0.1, 0.15) is 0 Å². The summed E-state index contributed by atoms with van der Waals surface area (Å²) in [6.45, 7) is 1.66. The number of nitro groups is 1. The van der Waals surface area contributed by atoms with Crippen molar-refractivity contribution in [1.29, 1.82) is 5.26 Å². The normalized spacial score (nSPS) is 9.33. The summed E-state index contributed by atoms with van der Waals surface area (Å²) in [6.07, 6.45) is -0.263. The summed E-state index contributed by atoms with van der Waals surface area (Å²) in [5.74, 6) is -0.399. The number of non-ortho nitro benzene ring substituents is 1. The number of hydrogen-bond donors (Lipinski definition) is 0. The van der Waals surface area contributed by atoms with Gasteiger partial charge in [0.05, 0.1) is 17.4 Å². The van der Waals surface area contributed by atoms with Crippen LogP contribution in [-0.4, -0.2) is 10.7 Å². The van der Waals surface area contributed by atoms with Gasteiger partial charge in [0.15, 0.2) is 5.78 Å². The molecule has 5 heteroatoms. The van der Waals surface area contributed by atoms with Crippen molar-refractivity contribution < 1.29 is 9.72 Å². The van der Waals surface area contributed by atoms with Gasteiger partial charge in [-0.25, -0.2) is 0 Å². The maximum atomic E-state index is 11.3. The predicted octanol–water partition coefficient (Wildman–Crippen LogP) is 2.00.